The topological polar surface area (TPSA) is 366 Å². The zero-order valence-electron chi connectivity index (χ0n) is 46.8. The lowest BCUT2D eigenvalue weighted by Gasteiger charge is -2.36. The van der Waals surface area contributed by atoms with Crippen LogP contribution in [0.25, 0.3) is 22.3 Å². The molecule has 2 aromatic heterocycles. The molecule has 27 heteroatoms. The van der Waals surface area contributed by atoms with E-state index in [-0.39, 0.29) is 86.9 Å². The number of aryl methyl sites for hydroxylation is 1. The number of aliphatic carboxylic acids is 1. The molecule has 452 valence electrons. The molecule has 9 rings (SSSR count). The number of rotatable bonds is 26. The summed E-state index contributed by atoms with van der Waals surface area (Å²) in [6, 6.07) is 8.88. The number of nitrogens with two attached hydrogens (primary N) is 1. The highest BCUT2D eigenvalue weighted by molar-refractivity contribution is 8.00. The highest BCUT2D eigenvalue weighted by Crippen LogP contribution is 2.46. The lowest BCUT2D eigenvalue weighted by molar-refractivity contribution is -0.172. The highest BCUT2D eigenvalue weighted by atomic mass is 32.2. The molecule has 3 aliphatic heterocycles. The van der Waals surface area contributed by atoms with Crippen LogP contribution in [0.1, 0.15) is 110 Å². The largest absolute Gasteiger partial charge is 0.480 e. The Morgan fingerprint density at radius 3 is 2.38 bits per heavy atom. The van der Waals surface area contributed by atoms with Gasteiger partial charge in [0.25, 0.3) is 5.56 Å². The number of likely N-dealkylation sites (tertiary alicyclic amines) is 1. The van der Waals surface area contributed by atoms with Gasteiger partial charge in [-0.15, -0.1) is 11.8 Å². The predicted molar refractivity (Wildman–Crippen MR) is 302 cm³/mol. The molecule has 2 aliphatic carbocycles. The number of nitrogens with zero attached hydrogens (tertiary/aromatic N) is 3. The van der Waals surface area contributed by atoms with Crippen LogP contribution in [0.15, 0.2) is 47.3 Å². The zero-order valence-corrected chi connectivity index (χ0v) is 47.7. The minimum Gasteiger partial charge on any atom is -0.480 e. The van der Waals surface area contributed by atoms with Gasteiger partial charge in [-0.1, -0.05) is 43.7 Å². The standard InChI is InChI=1S/C58H67FN10O15S/c1-3-58(82)36-19-42-51-34(25-69(42)54(77)35(36)26-83-57(58)81)50-39(14-13-33-29(2)37(59)20-40(66-51)49(33)50)67-52(75)31-17-32(18-31)84-28-64-46(72)23-63-53(76)41(16-30-10-6-4-7-11-30)65-47(73)24-62-45(71)22-61-44(70)12-8-5-9-15-68-48(74)21-43(55(68)78)85-27-38(60)56(79)80/h4,6-7,10-11,19-20,31-32,38-39,41,43,82H,3,5,8-9,12-18,21-28,60H2,1-2H3,(H,61,70)(H,62,71)(H,63,76)(H,64,72)(H,65,73)(H,67,75)(H,79,80)/t31?,32?,38-,39-,41-,43?,58-/m0/s1. The van der Waals surface area contributed by atoms with Crippen LogP contribution in [0.2, 0.25) is 0 Å². The number of thioether (sulfide) groups is 1. The summed E-state index contributed by atoms with van der Waals surface area (Å²) in [7, 11) is 0. The summed E-state index contributed by atoms with van der Waals surface area (Å²) < 4.78 is 28.0. The molecular weight excluding hydrogens is 1130 g/mol. The van der Waals surface area contributed by atoms with Gasteiger partial charge >= 0.3 is 11.9 Å². The summed E-state index contributed by atoms with van der Waals surface area (Å²) in [6.07, 6.45) is 2.55. The van der Waals surface area contributed by atoms with E-state index in [9.17, 15) is 57.8 Å². The third-order valence-corrected chi connectivity index (χ3v) is 17.6. The Hall–Kier alpha value is -8.14. The molecule has 5 heterocycles. The van der Waals surface area contributed by atoms with Crippen molar-refractivity contribution in [1.29, 1.82) is 0 Å². The Labute approximate surface area is 490 Å². The monoisotopic (exact) mass is 1190 g/mol. The normalized spacial score (nSPS) is 20.7. The molecule has 0 spiro atoms. The van der Waals surface area contributed by atoms with Crippen molar-refractivity contribution >= 4 is 81.9 Å². The third kappa shape index (κ3) is 13.5. The van der Waals surface area contributed by atoms with Gasteiger partial charge in [0.15, 0.2) is 5.60 Å². The van der Waals surface area contributed by atoms with Crippen LogP contribution in [0.5, 0.6) is 0 Å². The molecular formula is C58H67FN10O15S. The maximum atomic E-state index is 15.4. The average molecular weight is 1200 g/mol. The van der Waals surface area contributed by atoms with Crippen molar-refractivity contribution in [1.82, 2.24) is 46.4 Å². The fourth-order valence-electron chi connectivity index (χ4n) is 11.4. The number of carboxylic acid groups (broad SMARTS) is 1. The number of cyclic esters (lactones) is 1. The molecule has 5 aliphatic rings. The Bertz CT molecular complexity index is 3430. The van der Waals surface area contributed by atoms with E-state index >= 15 is 4.39 Å². The van der Waals surface area contributed by atoms with Gasteiger partial charge in [-0.05, 0) is 80.2 Å². The van der Waals surface area contributed by atoms with Gasteiger partial charge in [0, 0.05) is 60.1 Å². The second-order valence-electron chi connectivity index (χ2n) is 21.9. The Kier molecular flexibility index (Phi) is 19.1. The predicted octanol–water partition coefficient (Wildman–Crippen LogP) is 0.409. The van der Waals surface area contributed by atoms with Gasteiger partial charge in [0.2, 0.25) is 47.3 Å². The number of esters is 1. The number of nitrogens with one attached hydrogen (secondary N) is 6. The molecule has 2 fully saturated rings. The van der Waals surface area contributed by atoms with Crippen LogP contribution in [-0.4, -0.2) is 146 Å². The summed E-state index contributed by atoms with van der Waals surface area (Å²) in [6.45, 7) is 1.59. The molecule has 5 atom stereocenters. The van der Waals surface area contributed by atoms with E-state index in [4.69, 9.17) is 25.3 Å². The van der Waals surface area contributed by atoms with E-state index in [2.05, 4.69) is 31.9 Å². The maximum absolute atomic E-state index is 15.4. The number of hydrogen-bond acceptors (Lipinski definition) is 17. The first-order valence-corrected chi connectivity index (χ1v) is 29.3. The number of imide groups is 1. The first-order chi connectivity index (χ1) is 40.6. The first kappa shape index (κ1) is 61.4. The van der Waals surface area contributed by atoms with Gasteiger partial charge in [-0.3, -0.25) is 52.8 Å². The van der Waals surface area contributed by atoms with E-state index in [0.717, 1.165) is 27.8 Å². The minimum atomic E-state index is -2.04. The van der Waals surface area contributed by atoms with Crippen molar-refractivity contribution in [3.8, 4) is 11.4 Å². The number of amides is 8. The number of carboxylic acids is 1. The Balaban J connectivity index is 0.695. The number of carbonyl (C=O) groups excluding carboxylic acids is 9. The fourth-order valence-corrected chi connectivity index (χ4v) is 12.5. The van der Waals surface area contributed by atoms with E-state index < -0.39 is 113 Å². The quantitative estimate of drug-likeness (QED) is 0.0157. The first-order valence-electron chi connectivity index (χ1n) is 28.2. The van der Waals surface area contributed by atoms with Crippen molar-refractivity contribution in [3.05, 3.63) is 97.6 Å². The second kappa shape index (κ2) is 26.4. The SMILES string of the molecule is CC[C@@]1(O)C(=O)OCc2c1cc1n(c2=O)Cc2c-1nc1cc(F)c(C)c3c1c2[C@@H](NC(=O)C1CC(OCNC(=O)CNC(=O)[C@H](Cc2ccccc2)NC(=O)CNC(=O)CNC(=O)CCCCCN2C(=O)CC(SC[C@H](N)C(=O)O)C2=O)C1)CC3. The van der Waals surface area contributed by atoms with E-state index in [0.29, 0.717) is 83.9 Å². The smallest absolute Gasteiger partial charge is 0.343 e. The summed E-state index contributed by atoms with van der Waals surface area (Å²) in [4.78, 5) is 147. The Morgan fingerprint density at radius 1 is 0.918 bits per heavy atom. The van der Waals surface area contributed by atoms with Crippen LogP contribution in [-0.2, 0) is 89.0 Å². The number of benzene rings is 2. The molecule has 85 heavy (non-hydrogen) atoms. The number of ether oxygens (including phenoxy) is 2. The summed E-state index contributed by atoms with van der Waals surface area (Å²) in [5, 5.41) is 36.1. The van der Waals surface area contributed by atoms with Gasteiger partial charge in [-0.25, -0.2) is 14.2 Å². The minimum absolute atomic E-state index is 0.0121. The van der Waals surface area contributed by atoms with Crippen molar-refractivity contribution in [3.63, 3.8) is 0 Å². The summed E-state index contributed by atoms with van der Waals surface area (Å²) >= 11 is 1.03. The Morgan fingerprint density at radius 2 is 1.64 bits per heavy atom. The van der Waals surface area contributed by atoms with Gasteiger partial charge in [-0.2, -0.15) is 0 Å². The molecule has 1 saturated carbocycles. The van der Waals surface area contributed by atoms with Crippen molar-refractivity contribution in [2.45, 2.75) is 133 Å². The number of halogens is 1. The highest BCUT2D eigenvalue weighted by Gasteiger charge is 2.47. The van der Waals surface area contributed by atoms with Crippen LogP contribution in [0.4, 0.5) is 4.39 Å². The van der Waals surface area contributed by atoms with Crippen molar-refractivity contribution in [2.75, 3.05) is 38.7 Å². The molecule has 8 amide bonds. The number of unbranched alkanes of at least 4 members (excludes halogenated alkanes) is 2. The number of aromatic nitrogens is 2. The number of hydrogen-bond donors (Lipinski definition) is 9. The van der Waals surface area contributed by atoms with Crippen LogP contribution < -0.4 is 43.2 Å². The van der Waals surface area contributed by atoms with Crippen molar-refractivity contribution in [2.24, 2.45) is 11.7 Å². The molecule has 1 unspecified atom stereocenters. The molecule has 25 nitrogen and oxygen atoms in total. The van der Waals surface area contributed by atoms with Crippen LogP contribution >= 0.6 is 11.8 Å². The van der Waals surface area contributed by atoms with Crippen LogP contribution in [0, 0.1) is 18.7 Å². The third-order valence-electron chi connectivity index (χ3n) is 16.3. The molecule has 0 radical (unpaired) electrons. The zero-order chi connectivity index (χ0) is 60.9. The molecule has 1 saturated heterocycles. The lowest BCUT2D eigenvalue weighted by Crippen LogP contribution is -2.52. The number of carbonyl (C=O) groups is 10. The molecule has 0 bridgehead atoms. The van der Waals surface area contributed by atoms with E-state index in [1.807, 2.05) is 0 Å². The van der Waals surface area contributed by atoms with Gasteiger partial charge < -0.3 is 61.9 Å². The molecule has 10 N–H and O–H groups in total. The van der Waals surface area contributed by atoms with E-state index in [1.54, 1.807) is 50.2 Å². The van der Waals surface area contributed by atoms with E-state index in [1.165, 1.54) is 10.6 Å². The molecule has 4 aromatic rings. The lowest BCUT2D eigenvalue weighted by atomic mass is 9.79. The number of fused-ring (bicyclic) bond motifs is 5. The van der Waals surface area contributed by atoms with Crippen molar-refractivity contribution < 1.29 is 72.0 Å². The number of aliphatic hydroxyl groups is 1. The molecule has 2 aromatic carbocycles. The summed E-state index contributed by atoms with van der Waals surface area (Å²) in [5.74, 6) is -7.06. The average Bonchev–Trinajstić information content (AvgIpc) is 1.72. The maximum Gasteiger partial charge on any atom is 0.343 e. The fraction of sp³-hybridized carbons (Fsp3) is 0.483. The van der Waals surface area contributed by atoms with Gasteiger partial charge in [0.1, 0.15) is 31.2 Å². The van der Waals surface area contributed by atoms with Crippen LogP contribution in [0.3, 0.4) is 0 Å². The van der Waals surface area contributed by atoms with Gasteiger partial charge in [0.05, 0.1) is 66.0 Å². The number of pyridine rings is 2. The second-order valence-corrected chi connectivity index (χ2v) is 23.1. The summed E-state index contributed by atoms with van der Waals surface area (Å²) in [5.41, 5.74) is 7.76.